The first-order valence-corrected chi connectivity index (χ1v) is 6.07. The number of nitrogens with zero attached hydrogens (tertiary/aromatic N) is 1. The van der Waals surface area contributed by atoms with Gasteiger partial charge < -0.3 is 19.4 Å². The average Bonchev–Trinajstić information content (AvgIpc) is 1.95. The molecule has 4 N–H and O–H groups in total. The van der Waals surface area contributed by atoms with Crippen molar-refractivity contribution in [2.24, 2.45) is 0 Å². The number of hydrogen-bond acceptors (Lipinski definition) is 3. The Morgan fingerprint density at radius 1 is 1.47 bits per heavy atom. The first-order valence-electron chi connectivity index (χ1n) is 4.46. The van der Waals surface area contributed by atoms with Crippen LogP contribution in [0.25, 0.3) is 0 Å². The summed E-state index contributed by atoms with van der Waals surface area (Å²) in [5.74, 6) is 0. The average molecular weight is 239 g/mol. The molecule has 0 saturated heterocycles. The van der Waals surface area contributed by atoms with Gasteiger partial charge in [0, 0.05) is 6.54 Å². The van der Waals surface area contributed by atoms with E-state index in [9.17, 15) is 9.67 Å². The molecule has 6 nitrogen and oxygen atoms in total. The molecule has 0 fully saturated rings. The summed E-state index contributed by atoms with van der Waals surface area (Å²) in [5, 5.41) is 12.3. The molecule has 0 aliphatic carbocycles. The molecule has 0 aromatic rings. The van der Waals surface area contributed by atoms with Gasteiger partial charge in [-0.1, -0.05) is 6.08 Å². The maximum Gasteiger partial charge on any atom is 0.377 e. The topological polar surface area (TPSA) is 89.8 Å². The predicted octanol–water partition coefficient (Wildman–Crippen LogP) is -0.708. The first-order chi connectivity index (χ1) is 6.52. The van der Waals surface area contributed by atoms with E-state index >= 15 is 0 Å². The monoisotopic (exact) mass is 239 g/mol. The molecule has 0 aromatic heterocycles. The minimum Gasteiger partial charge on any atom is -0.361 e. The van der Waals surface area contributed by atoms with E-state index in [1.165, 1.54) is 6.08 Å². The van der Waals surface area contributed by atoms with E-state index in [4.69, 9.17) is 9.79 Å². The Morgan fingerprint density at radius 2 is 1.93 bits per heavy atom. The predicted molar refractivity (Wildman–Crippen MR) is 58.1 cm³/mol. The Balaban J connectivity index is 4.87. The molecule has 0 amide bonds. The molecule has 1 atom stereocenters. The van der Waals surface area contributed by atoms with E-state index in [2.05, 4.69) is 11.9 Å². The minimum absolute atomic E-state index is 0.106. The van der Waals surface area contributed by atoms with Crippen LogP contribution in [0.3, 0.4) is 0 Å². The summed E-state index contributed by atoms with van der Waals surface area (Å²) >= 11 is 0. The Morgan fingerprint density at radius 3 is 2.20 bits per heavy atom. The van der Waals surface area contributed by atoms with Crippen molar-refractivity contribution in [2.75, 3.05) is 34.2 Å². The van der Waals surface area contributed by atoms with Crippen molar-refractivity contribution in [1.82, 2.24) is 5.32 Å². The smallest absolute Gasteiger partial charge is 0.361 e. The van der Waals surface area contributed by atoms with Gasteiger partial charge in [0.1, 0.15) is 6.54 Å². The highest BCUT2D eigenvalue weighted by Gasteiger charge is 2.49. The Bertz CT molecular complexity index is 270. The van der Waals surface area contributed by atoms with E-state index in [1.807, 2.05) is 0 Å². The van der Waals surface area contributed by atoms with Crippen LogP contribution < -0.4 is 5.32 Å². The number of hydrogen-bond donors (Lipinski definition) is 4. The third kappa shape index (κ3) is 4.88. The standard InChI is InChI=1S/C8H19N2O4P/c1-5-6-9-8(11,15(12,13)14)7-10(2,3)4/h5,9,11H,1,6-7H2,2-4H3,(H-,12,13,14)/p+1. The maximum absolute atomic E-state index is 11.2. The van der Waals surface area contributed by atoms with Crippen LogP contribution in [0.5, 0.6) is 0 Å². The largest absolute Gasteiger partial charge is 0.377 e. The Hall–Kier alpha value is -0.230. The van der Waals surface area contributed by atoms with Crippen LogP contribution in [-0.4, -0.2) is 59.1 Å². The van der Waals surface area contributed by atoms with Crippen molar-refractivity contribution < 1.29 is 23.9 Å². The van der Waals surface area contributed by atoms with Crippen LogP contribution in [-0.2, 0) is 4.57 Å². The van der Waals surface area contributed by atoms with E-state index < -0.39 is 13.1 Å². The van der Waals surface area contributed by atoms with Crippen LogP contribution in [0, 0.1) is 0 Å². The lowest BCUT2D eigenvalue weighted by molar-refractivity contribution is -0.875. The quantitative estimate of drug-likeness (QED) is 0.213. The van der Waals surface area contributed by atoms with Gasteiger partial charge in [-0.2, -0.15) is 0 Å². The molecule has 0 aromatic carbocycles. The van der Waals surface area contributed by atoms with Crippen LogP contribution in [0.15, 0.2) is 12.7 Å². The summed E-state index contributed by atoms with van der Waals surface area (Å²) in [4.78, 5) is 18.2. The normalized spacial score (nSPS) is 17.2. The van der Waals surface area contributed by atoms with Gasteiger partial charge in [0.05, 0.1) is 21.1 Å². The molecule has 0 aliphatic heterocycles. The lowest BCUT2D eigenvalue weighted by Gasteiger charge is -2.35. The molecule has 0 rings (SSSR count). The van der Waals surface area contributed by atoms with Gasteiger partial charge in [-0.25, -0.2) is 0 Å². The molecule has 90 valence electrons. The lowest BCUT2D eigenvalue weighted by atomic mass is 10.4. The van der Waals surface area contributed by atoms with Crippen molar-refractivity contribution in [3.05, 3.63) is 12.7 Å². The second-order valence-electron chi connectivity index (χ2n) is 4.48. The fourth-order valence-electron chi connectivity index (χ4n) is 1.15. The van der Waals surface area contributed by atoms with Crippen LogP contribution in [0.1, 0.15) is 0 Å². The van der Waals surface area contributed by atoms with Crippen molar-refractivity contribution in [3.63, 3.8) is 0 Å². The van der Waals surface area contributed by atoms with Crippen molar-refractivity contribution in [2.45, 2.75) is 5.47 Å². The number of likely N-dealkylation sites (N-methyl/N-ethyl adjacent to an activating group) is 1. The summed E-state index contributed by atoms with van der Waals surface area (Å²) in [7, 11) is 0.564. The Kier molecular flexibility index (Phi) is 4.67. The summed E-state index contributed by atoms with van der Waals surface area (Å²) in [5.41, 5.74) is -2.21. The van der Waals surface area contributed by atoms with Crippen LogP contribution in [0.2, 0.25) is 0 Å². The summed E-state index contributed by atoms with van der Waals surface area (Å²) < 4.78 is 11.4. The summed E-state index contributed by atoms with van der Waals surface area (Å²) in [6, 6.07) is 0. The van der Waals surface area contributed by atoms with Crippen LogP contribution >= 0.6 is 7.60 Å². The fourth-order valence-corrected chi connectivity index (χ4v) is 2.05. The minimum atomic E-state index is -4.63. The van der Waals surface area contributed by atoms with Gasteiger partial charge in [0.25, 0.3) is 5.47 Å². The molecule has 7 heteroatoms. The third-order valence-corrected chi connectivity index (χ3v) is 2.97. The van der Waals surface area contributed by atoms with E-state index in [0.717, 1.165) is 0 Å². The highest BCUT2D eigenvalue weighted by molar-refractivity contribution is 7.53. The third-order valence-electron chi connectivity index (χ3n) is 1.71. The zero-order valence-electron chi connectivity index (χ0n) is 9.34. The van der Waals surface area contributed by atoms with Gasteiger partial charge >= 0.3 is 7.60 Å². The summed E-state index contributed by atoms with van der Waals surface area (Å²) in [6.07, 6.45) is 1.43. The van der Waals surface area contributed by atoms with Crippen molar-refractivity contribution in [1.29, 1.82) is 0 Å². The van der Waals surface area contributed by atoms with Crippen molar-refractivity contribution in [3.8, 4) is 0 Å². The molecular formula is C8H20N2O4P+. The first kappa shape index (κ1) is 14.8. The molecule has 0 spiro atoms. The Labute approximate surface area is 90.0 Å². The number of aliphatic hydroxyl groups is 1. The highest BCUT2D eigenvalue weighted by Crippen LogP contribution is 2.47. The maximum atomic E-state index is 11.2. The molecule has 15 heavy (non-hydrogen) atoms. The zero-order valence-corrected chi connectivity index (χ0v) is 10.2. The number of nitrogens with one attached hydrogen (secondary N) is 1. The van der Waals surface area contributed by atoms with E-state index in [0.29, 0.717) is 0 Å². The van der Waals surface area contributed by atoms with E-state index in [-0.39, 0.29) is 17.6 Å². The van der Waals surface area contributed by atoms with Crippen molar-refractivity contribution >= 4 is 7.60 Å². The molecule has 0 bridgehead atoms. The molecule has 0 radical (unpaired) electrons. The van der Waals surface area contributed by atoms with Gasteiger partial charge in [-0.3, -0.25) is 9.88 Å². The molecule has 0 heterocycles. The number of quaternary nitrogens is 1. The molecular weight excluding hydrogens is 219 g/mol. The second-order valence-corrected chi connectivity index (χ2v) is 6.31. The van der Waals surface area contributed by atoms with Gasteiger partial charge in [0.15, 0.2) is 0 Å². The van der Waals surface area contributed by atoms with Gasteiger partial charge in [-0.15, -0.1) is 6.58 Å². The molecule has 0 aliphatic rings. The fraction of sp³-hybridized carbons (Fsp3) is 0.750. The lowest BCUT2D eigenvalue weighted by Crippen LogP contribution is -2.57. The molecule has 0 saturated carbocycles. The van der Waals surface area contributed by atoms with Crippen LogP contribution in [0.4, 0.5) is 0 Å². The van der Waals surface area contributed by atoms with Gasteiger partial charge in [0.2, 0.25) is 0 Å². The second kappa shape index (κ2) is 4.74. The highest BCUT2D eigenvalue weighted by atomic mass is 31.2. The zero-order chi connectivity index (χ0) is 12.3. The molecule has 1 unspecified atom stereocenters. The van der Waals surface area contributed by atoms with E-state index in [1.54, 1.807) is 21.1 Å². The SMILES string of the molecule is C=CCNC(O)(C[N+](C)(C)C)P(=O)(O)O. The summed E-state index contributed by atoms with van der Waals surface area (Å²) in [6.45, 7) is 3.43. The number of rotatable bonds is 6. The van der Waals surface area contributed by atoms with Gasteiger partial charge in [-0.05, 0) is 0 Å².